The van der Waals surface area contributed by atoms with Gasteiger partial charge in [0.2, 0.25) is 5.91 Å². The van der Waals surface area contributed by atoms with Crippen LogP contribution >= 0.6 is 0 Å². The van der Waals surface area contributed by atoms with Crippen molar-refractivity contribution in [2.24, 2.45) is 5.92 Å². The van der Waals surface area contributed by atoms with Gasteiger partial charge < -0.3 is 10.2 Å². The summed E-state index contributed by atoms with van der Waals surface area (Å²) in [6.07, 6.45) is 6.40. The maximum Gasteiger partial charge on any atom is 0.225 e. The Bertz CT molecular complexity index is 561. The van der Waals surface area contributed by atoms with Crippen molar-refractivity contribution >= 4 is 12.0 Å². The molecule has 5 rings (SSSR count). The molecule has 0 spiro atoms. The summed E-state index contributed by atoms with van der Waals surface area (Å²) in [5.41, 5.74) is 2.67. The molecule has 1 amide bonds. The Morgan fingerprint density at radius 1 is 1.19 bits per heavy atom. The predicted octanol–water partition coefficient (Wildman–Crippen LogP) is 2.40. The zero-order valence-corrected chi connectivity index (χ0v) is 12.5. The van der Waals surface area contributed by atoms with Crippen LogP contribution in [0.3, 0.4) is 0 Å². The van der Waals surface area contributed by atoms with Crippen LogP contribution in [0.5, 0.6) is 0 Å². The molecule has 3 heteroatoms. The summed E-state index contributed by atoms with van der Waals surface area (Å²) in [4.78, 5) is 14.3. The minimum Gasteiger partial charge on any atom is -0.339 e. The summed E-state index contributed by atoms with van der Waals surface area (Å²) in [5.74, 6) is 1.32. The summed E-state index contributed by atoms with van der Waals surface area (Å²) in [7, 11) is 0. The molecule has 0 aromatic heterocycles. The maximum atomic E-state index is 12.2. The Labute approximate surface area is 126 Å². The van der Waals surface area contributed by atoms with E-state index in [2.05, 4.69) is 46.6 Å². The van der Waals surface area contributed by atoms with Crippen molar-refractivity contribution in [2.75, 3.05) is 13.1 Å². The van der Waals surface area contributed by atoms with E-state index in [1.54, 1.807) is 0 Å². The molecular formula is C18H22N2O. The molecule has 0 radical (unpaired) electrons. The first-order valence-electron chi connectivity index (χ1n) is 8.04. The fraction of sp³-hybridized carbons (Fsp3) is 0.500. The second-order valence-electron chi connectivity index (χ2n) is 6.59. The summed E-state index contributed by atoms with van der Waals surface area (Å²) in [5, 5.41) is 3.60. The highest BCUT2D eigenvalue weighted by atomic mass is 16.2. The molecule has 2 bridgehead atoms. The molecule has 1 unspecified atom stereocenters. The highest BCUT2D eigenvalue weighted by Gasteiger charge is 2.49. The lowest BCUT2D eigenvalue weighted by Crippen LogP contribution is -2.72. The lowest BCUT2D eigenvalue weighted by Gasteiger charge is -2.55. The van der Waals surface area contributed by atoms with Gasteiger partial charge in [0.15, 0.2) is 0 Å². The smallest absolute Gasteiger partial charge is 0.225 e. The van der Waals surface area contributed by atoms with E-state index in [0.29, 0.717) is 29.8 Å². The molecule has 3 heterocycles. The van der Waals surface area contributed by atoms with E-state index in [1.807, 2.05) is 6.92 Å². The van der Waals surface area contributed by atoms with Crippen molar-refractivity contribution in [3.8, 4) is 0 Å². The van der Waals surface area contributed by atoms with E-state index in [0.717, 1.165) is 25.9 Å². The van der Waals surface area contributed by atoms with E-state index in [-0.39, 0.29) is 0 Å². The number of carbonyl (C=O) groups excluding carboxylic acids is 1. The molecule has 110 valence electrons. The van der Waals surface area contributed by atoms with Crippen LogP contribution in [0.25, 0.3) is 6.08 Å². The normalized spacial score (nSPS) is 31.3. The number of nitrogens with zero attached hydrogens (tertiary/aromatic N) is 1. The number of hydrogen-bond acceptors (Lipinski definition) is 2. The largest absolute Gasteiger partial charge is 0.339 e. The molecule has 3 atom stereocenters. The van der Waals surface area contributed by atoms with Crippen molar-refractivity contribution in [3.05, 3.63) is 41.5 Å². The standard InChI is InChI=1S/C18H22N2O/c1-2-3-12-4-6-13(7-5-12)17-15-10-20(11-16(17)19-15)18(21)14-8-9-14/h2-7,14-17,19H,8-11H2,1H3/b3-2+/t15-,16+,17?. The van der Waals surface area contributed by atoms with Crippen molar-refractivity contribution in [2.45, 2.75) is 37.8 Å². The molecule has 1 N–H and O–H groups in total. The summed E-state index contributed by atoms with van der Waals surface area (Å²) < 4.78 is 0. The van der Waals surface area contributed by atoms with Gasteiger partial charge in [-0.1, -0.05) is 36.4 Å². The van der Waals surface area contributed by atoms with Gasteiger partial charge in [0.1, 0.15) is 0 Å². The first-order chi connectivity index (χ1) is 10.3. The van der Waals surface area contributed by atoms with E-state index < -0.39 is 0 Å². The molecule has 1 aromatic carbocycles. The second-order valence-corrected chi connectivity index (χ2v) is 6.59. The van der Waals surface area contributed by atoms with E-state index in [1.165, 1.54) is 11.1 Å². The van der Waals surface area contributed by atoms with Crippen LogP contribution in [-0.2, 0) is 4.79 Å². The summed E-state index contributed by atoms with van der Waals surface area (Å²) in [6, 6.07) is 9.77. The number of rotatable bonds is 3. The van der Waals surface area contributed by atoms with Gasteiger partial charge in [-0.2, -0.15) is 0 Å². The molecule has 4 aliphatic rings. The summed E-state index contributed by atoms with van der Waals surface area (Å²) in [6.45, 7) is 3.81. The predicted molar refractivity (Wildman–Crippen MR) is 83.9 cm³/mol. The van der Waals surface area contributed by atoms with Gasteiger partial charge >= 0.3 is 0 Å². The molecule has 1 saturated carbocycles. The van der Waals surface area contributed by atoms with Crippen LogP contribution in [0.1, 0.15) is 36.8 Å². The number of benzene rings is 1. The van der Waals surface area contributed by atoms with Crippen LogP contribution in [0.4, 0.5) is 0 Å². The van der Waals surface area contributed by atoms with Crippen LogP contribution in [0.15, 0.2) is 30.3 Å². The highest BCUT2D eigenvalue weighted by Crippen LogP contribution is 2.39. The first kappa shape index (κ1) is 13.1. The minimum absolute atomic E-state index is 0.348. The fourth-order valence-corrected chi connectivity index (χ4v) is 3.78. The maximum absolute atomic E-state index is 12.2. The second kappa shape index (κ2) is 4.99. The van der Waals surface area contributed by atoms with Gasteiger partial charge in [0, 0.05) is 37.0 Å². The van der Waals surface area contributed by atoms with Crippen molar-refractivity contribution in [3.63, 3.8) is 0 Å². The van der Waals surface area contributed by atoms with Crippen LogP contribution in [-0.4, -0.2) is 36.0 Å². The third-order valence-corrected chi connectivity index (χ3v) is 5.05. The van der Waals surface area contributed by atoms with Gasteiger partial charge in [0.05, 0.1) is 0 Å². The van der Waals surface area contributed by atoms with Gasteiger partial charge in [-0.15, -0.1) is 0 Å². The Morgan fingerprint density at radius 3 is 2.43 bits per heavy atom. The highest BCUT2D eigenvalue weighted by molar-refractivity contribution is 5.81. The zero-order chi connectivity index (χ0) is 14.4. The van der Waals surface area contributed by atoms with Crippen LogP contribution in [0, 0.1) is 5.92 Å². The average Bonchev–Trinajstić information content (AvgIpc) is 3.33. The van der Waals surface area contributed by atoms with Gasteiger partial charge in [0.25, 0.3) is 0 Å². The van der Waals surface area contributed by atoms with Gasteiger partial charge in [-0.25, -0.2) is 0 Å². The molecule has 3 nitrogen and oxygen atoms in total. The number of piperidine rings is 1. The number of hydrogen-bond donors (Lipinski definition) is 1. The number of carbonyl (C=O) groups is 1. The fourth-order valence-electron chi connectivity index (χ4n) is 3.78. The molecular weight excluding hydrogens is 260 g/mol. The number of amides is 1. The Hall–Kier alpha value is -1.61. The quantitative estimate of drug-likeness (QED) is 0.923. The molecule has 4 fully saturated rings. The van der Waals surface area contributed by atoms with E-state index in [4.69, 9.17) is 0 Å². The minimum atomic E-state index is 0.348. The van der Waals surface area contributed by atoms with E-state index >= 15 is 0 Å². The van der Waals surface area contributed by atoms with Crippen molar-refractivity contribution < 1.29 is 4.79 Å². The van der Waals surface area contributed by atoms with Crippen molar-refractivity contribution in [1.29, 1.82) is 0 Å². The van der Waals surface area contributed by atoms with Gasteiger partial charge in [-0.05, 0) is 30.9 Å². The number of allylic oxidation sites excluding steroid dienone is 1. The van der Waals surface area contributed by atoms with Crippen LogP contribution in [0.2, 0.25) is 0 Å². The topological polar surface area (TPSA) is 32.3 Å². The molecule has 1 aromatic rings. The molecule has 3 aliphatic heterocycles. The monoisotopic (exact) mass is 282 g/mol. The molecule has 21 heavy (non-hydrogen) atoms. The van der Waals surface area contributed by atoms with E-state index in [9.17, 15) is 4.79 Å². The average molecular weight is 282 g/mol. The zero-order valence-electron chi connectivity index (χ0n) is 12.5. The number of fused-ring (bicyclic) bond motifs is 2. The third-order valence-electron chi connectivity index (χ3n) is 5.05. The molecule has 1 aliphatic carbocycles. The Kier molecular flexibility index (Phi) is 3.11. The third kappa shape index (κ3) is 2.30. The Morgan fingerprint density at radius 2 is 1.86 bits per heavy atom. The van der Waals surface area contributed by atoms with Gasteiger partial charge in [-0.3, -0.25) is 4.79 Å². The first-order valence-corrected chi connectivity index (χ1v) is 8.04. The molecule has 3 saturated heterocycles. The number of nitrogens with one attached hydrogen (secondary N) is 1. The Balaban J connectivity index is 1.45. The summed E-state index contributed by atoms with van der Waals surface area (Å²) >= 11 is 0. The SMILES string of the molecule is C/C=C/c1ccc(C2[C@@H]3CN(C(=O)C4CC4)C[C@H]2N3)cc1. The van der Waals surface area contributed by atoms with Crippen LogP contribution < -0.4 is 5.32 Å². The lowest BCUT2D eigenvalue weighted by atomic mass is 9.74. The lowest BCUT2D eigenvalue weighted by molar-refractivity contribution is -0.137. The number of piperazine rings is 1. The van der Waals surface area contributed by atoms with Crippen molar-refractivity contribution in [1.82, 2.24) is 10.2 Å².